The fourth-order valence-corrected chi connectivity index (χ4v) is 4.34. The Morgan fingerprint density at radius 1 is 1.23 bits per heavy atom. The standard InChI is InChI=1S/C21H32N4O/c1-16-13-17(2)15-24(14-16)21(22-3)23-11-6-9-20(26)25-12-10-18-7-4-5-8-19(18)25/h4-5,7-8,16-17H,6,9-15H2,1-3H3,(H,22,23). The maximum Gasteiger partial charge on any atom is 0.227 e. The zero-order chi connectivity index (χ0) is 18.5. The predicted molar refractivity (Wildman–Crippen MR) is 108 cm³/mol. The van der Waals surface area contributed by atoms with Crippen LogP contribution in [0.2, 0.25) is 0 Å². The Hall–Kier alpha value is -2.04. The lowest BCUT2D eigenvalue weighted by Crippen LogP contribution is -2.48. The van der Waals surface area contributed by atoms with Crippen molar-refractivity contribution >= 4 is 17.6 Å². The highest BCUT2D eigenvalue weighted by Crippen LogP contribution is 2.28. The second-order valence-corrected chi connectivity index (χ2v) is 7.85. The van der Waals surface area contributed by atoms with Gasteiger partial charge in [-0.3, -0.25) is 9.79 Å². The van der Waals surface area contributed by atoms with Crippen LogP contribution in [0.25, 0.3) is 0 Å². The number of aliphatic imine (C=N–C) groups is 1. The van der Waals surface area contributed by atoms with Crippen molar-refractivity contribution in [2.45, 2.75) is 39.5 Å². The summed E-state index contributed by atoms with van der Waals surface area (Å²) < 4.78 is 0. The number of carbonyl (C=O) groups excluding carboxylic acids is 1. The average molecular weight is 357 g/mol. The Kier molecular flexibility index (Phi) is 6.17. The normalized spacial score (nSPS) is 23.1. The summed E-state index contributed by atoms with van der Waals surface area (Å²) in [5.74, 6) is 2.61. The van der Waals surface area contributed by atoms with Gasteiger partial charge in [-0.1, -0.05) is 32.0 Å². The highest BCUT2D eigenvalue weighted by Gasteiger charge is 2.25. The molecule has 1 amide bonds. The molecule has 1 fully saturated rings. The Labute approximate surface area is 157 Å². The first-order valence-corrected chi connectivity index (χ1v) is 9.92. The number of rotatable bonds is 4. The van der Waals surface area contributed by atoms with Crippen LogP contribution >= 0.6 is 0 Å². The molecule has 2 aliphatic rings. The van der Waals surface area contributed by atoms with Gasteiger partial charge in [-0.15, -0.1) is 0 Å². The van der Waals surface area contributed by atoms with Crippen molar-refractivity contribution in [1.82, 2.24) is 10.2 Å². The number of benzene rings is 1. The van der Waals surface area contributed by atoms with E-state index in [4.69, 9.17) is 0 Å². The highest BCUT2D eigenvalue weighted by molar-refractivity contribution is 5.95. The second kappa shape index (κ2) is 8.56. The van der Waals surface area contributed by atoms with E-state index in [1.807, 2.05) is 24.1 Å². The molecule has 2 unspecified atom stereocenters. The predicted octanol–water partition coefficient (Wildman–Crippen LogP) is 2.91. The van der Waals surface area contributed by atoms with Crippen molar-refractivity contribution in [3.63, 3.8) is 0 Å². The fourth-order valence-electron chi connectivity index (χ4n) is 4.34. The van der Waals surface area contributed by atoms with E-state index in [9.17, 15) is 4.79 Å². The van der Waals surface area contributed by atoms with Gasteiger partial charge in [0.15, 0.2) is 5.96 Å². The lowest BCUT2D eigenvalue weighted by molar-refractivity contribution is -0.118. The maximum atomic E-state index is 12.6. The molecule has 2 heterocycles. The molecule has 5 heteroatoms. The average Bonchev–Trinajstić information content (AvgIpc) is 3.05. The van der Waals surface area contributed by atoms with Crippen molar-refractivity contribution in [1.29, 1.82) is 0 Å². The summed E-state index contributed by atoms with van der Waals surface area (Å²) in [5, 5.41) is 3.45. The van der Waals surface area contributed by atoms with Crippen LogP contribution in [0.15, 0.2) is 29.3 Å². The van der Waals surface area contributed by atoms with Gasteiger partial charge in [0.25, 0.3) is 0 Å². The Balaban J connectivity index is 1.44. The van der Waals surface area contributed by atoms with Gasteiger partial charge in [-0.05, 0) is 42.7 Å². The molecule has 0 saturated carbocycles. The van der Waals surface area contributed by atoms with Crippen LogP contribution in [0.3, 0.4) is 0 Å². The second-order valence-electron chi connectivity index (χ2n) is 7.85. The molecular weight excluding hydrogens is 324 g/mol. The third kappa shape index (κ3) is 4.37. The van der Waals surface area contributed by atoms with E-state index in [0.29, 0.717) is 18.3 Å². The molecule has 1 N–H and O–H groups in total. The van der Waals surface area contributed by atoms with E-state index in [-0.39, 0.29) is 5.91 Å². The van der Waals surface area contributed by atoms with Gasteiger partial charge in [0.05, 0.1) is 0 Å². The minimum Gasteiger partial charge on any atom is -0.356 e. The summed E-state index contributed by atoms with van der Waals surface area (Å²) in [5.41, 5.74) is 2.38. The Morgan fingerprint density at radius 2 is 1.96 bits per heavy atom. The number of amides is 1. The summed E-state index contributed by atoms with van der Waals surface area (Å²) in [7, 11) is 1.85. The zero-order valence-corrected chi connectivity index (χ0v) is 16.4. The minimum atomic E-state index is 0.229. The number of para-hydroxylation sites is 1. The lowest BCUT2D eigenvalue weighted by Gasteiger charge is -2.37. The molecule has 2 aliphatic heterocycles. The number of nitrogens with zero attached hydrogens (tertiary/aromatic N) is 3. The minimum absolute atomic E-state index is 0.229. The van der Waals surface area contributed by atoms with Gasteiger partial charge in [0.2, 0.25) is 5.91 Å². The lowest BCUT2D eigenvalue weighted by atomic mass is 9.92. The first-order chi connectivity index (χ1) is 12.6. The molecular formula is C21H32N4O. The zero-order valence-electron chi connectivity index (χ0n) is 16.4. The highest BCUT2D eigenvalue weighted by atomic mass is 16.2. The van der Waals surface area contributed by atoms with Crippen LogP contribution in [0.4, 0.5) is 5.69 Å². The van der Waals surface area contributed by atoms with Crippen LogP contribution in [0, 0.1) is 11.8 Å². The smallest absolute Gasteiger partial charge is 0.227 e. The van der Waals surface area contributed by atoms with Gasteiger partial charge in [-0.2, -0.15) is 0 Å². The number of hydrogen-bond donors (Lipinski definition) is 1. The number of likely N-dealkylation sites (tertiary alicyclic amines) is 1. The van der Waals surface area contributed by atoms with E-state index in [2.05, 4.69) is 41.2 Å². The van der Waals surface area contributed by atoms with Gasteiger partial charge in [0, 0.05) is 45.3 Å². The van der Waals surface area contributed by atoms with Crippen LogP contribution in [0.1, 0.15) is 38.7 Å². The molecule has 1 saturated heterocycles. The number of nitrogens with one attached hydrogen (secondary N) is 1. The SMILES string of the molecule is CN=C(NCCCC(=O)N1CCc2ccccc21)N1CC(C)CC(C)C1. The van der Waals surface area contributed by atoms with Crippen LogP contribution < -0.4 is 10.2 Å². The summed E-state index contributed by atoms with van der Waals surface area (Å²) >= 11 is 0. The monoisotopic (exact) mass is 356 g/mol. The molecule has 26 heavy (non-hydrogen) atoms. The summed E-state index contributed by atoms with van der Waals surface area (Å²) in [4.78, 5) is 21.3. The molecule has 2 atom stereocenters. The van der Waals surface area contributed by atoms with Crippen LogP contribution in [-0.4, -0.2) is 50.0 Å². The fraction of sp³-hybridized carbons (Fsp3) is 0.619. The quantitative estimate of drug-likeness (QED) is 0.513. The topological polar surface area (TPSA) is 47.9 Å². The van der Waals surface area contributed by atoms with E-state index < -0.39 is 0 Å². The summed E-state index contributed by atoms with van der Waals surface area (Å²) in [6.07, 6.45) is 3.66. The summed E-state index contributed by atoms with van der Waals surface area (Å²) in [6, 6.07) is 8.23. The number of hydrogen-bond acceptors (Lipinski definition) is 2. The van der Waals surface area contributed by atoms with Crippen molar-refractivity contribution in [3.05, 3.63) is 29.8 Å². The van der Waals surface area contributed by atoms with E-state index in [1.165, 1.54) is 12.0 Å². The number of guanidine groups is 1. The van der Waals surface area contributed by atoms with Crippen LogP contribution in [-0.2, 0) is 11.2 Å². The Morgan fingerprint density at radius 3 is 2.69 bits per heavy atom. The molecule has 1 aromatic rings. The largest absolute Gasteiger partial charge is 0.356 e. The number of anilines is 1. The first-order valence-electron chi connectivity index (χ1n) is 9.92. The molecule has 0 bridgehead atoms. The van der Waals surface area contributed by atoms with E-state index in [0.717, 1.165) is 50.7 Å². The van der Waals surface area contributed by atoms with Crippen molar-refractivity contribution in [2.24, 2.45) is 16.8 Å². The molecule has 0 aromatic heterocycles. The summed E-state index contributed by atoms with van der Waals surface area (Å²) in [6.45, 7) is 8.34. The van der Waals surface area contributed by atoms with Gasteiger partial charge >= 0.3 is 0 Å². The first kappa shape index (κ1) is 18.7. The third-order valence-corrected chi connectivity index (χ3v) is 5.42. The van der Waals surface area contributed by atoms with Crippen molar-refractivity contribution in [3.8, 4) is 0 Å². The van der Waals surface area contributed by atoms with E-state index >= 15 is 0 Å². The molecule has 0 aliphatic carbocycles. The van der Waals surface area contributed by atoms with Gasteiger partial charge in [0.1, 0.15) is 0 Å². The third-order valence-electron chi connectivity index (χ3n) is 5.42. The van der Waals surface area contributed by atoms with Gasteiger partial charge < -0.3 is 15.1 Å². The number of carbonyl (C=O) groups is 1. The maximum absolute atomic E-state index is 12.6. The van der Waals surface area contributed by atoms with Crippen LogP contribution in [0.5, 0.6) is 0 Å². The number of fused-ring (bicyclic) bond motifs is 1. The molecule has 0 radical (unpaired) electrons. The van der Waals surface area contributed by atoms with Crippen molar-refractivity contribution < 1.29 is 4.79 Å². The van der Waals surface area contributed by atoms with Crippen molar-refractivity contribution in [2.75, 3.05) is 38.1 Å². The molecule has 3 rings (SSSR count). The van der Waals surface area contributed by atoms with E-state index in [1.54, 1.807) is 0 Å². The molecule has 1 aromatic carbocycles. The molecule has 0 spiro atoms. The van der Waals surface area contributed by atoms with Gasteiger partial charge in [-0.25, -0.2) is 0 Å². The molecule has 5 nitrogen and oxygen atoms in total. The number of piperidine rings is 1. The Bertz CT molecular complexity index is 647. The molecule has 142 valence electrons.